The molecule has 0 radical (unpaired) electrons. The number of carbonyl (C=O) groups is 1. The zero-order valence-electron chi connectivity index (χ0n) is 13.5. The molecule has 1 saturated heterocycles. The molecule has 0 aliphatic carbocycles. The minimum absolute atomic E-state index is 0.0775. The lowest BCUT2D eigenvalue weighted by molar-refractivity contribution is -0.126. The van der Waals surface area contributed by atoms with Crippen molar-refractivity contribution in [2.45, 2.75) is 18.2 Å². The van der Waals surface area contributed by atoms with Crippen molar-refractivity contribution in [3.63, 3.8) is 0 Å². The molecule has 1 atom stereocenters. The number of rotatable bonds is 4. The van der Waals surface area contributed by atoms with E-state index in [0.29, 0.717) is 30.5 Å². The number of amides is 1. The zero-order valence-corrected chi connectivity index (χ0v) is 15.1. The molecule has 2 aromatic rings. The summed E-state index contributed by atoms with van der Waals surface area (Å²) >= 11 is 6.90. The number of thiocarbonyl (C=S) groups is 1. The molecule has 6 heteroatoms. The Bertz CT molecular complexity index is 810. The van der Waals surface area contributed by atoms with E-state index in [-0.39, 0.29) is 11.2 Å². The van der Waals surface area contributed by atoms with Gasteiger partial charge in [-0.3, -0.25) is 9.69 Å². The second-order valence-electron chi connectivity index (χ2n) is 5.96. The van der Waals surface area contributed by atoms with Crippen molar-refractivity contribution >= 4 is 34.2 Å². The summed E-state index contributed by atoms with van der Waals surface area (Å²) in [6.45, 7) is 1.66. The fourth-order valence-electron chi connectivity index (χ4n) is 2.97. The first-order valence-corrected chi connectivity index (χ1v) is 9.44. The maximum Gasteiger partial charge on any atom is 0.242 e. The van der Waals surface area contributed by atoms with E-state index in [4.69, 9.17) is 21.7 Å². The van der Waals surface area contributed by atoms with E-state index in [1.54, 1.807) is 4.90 Å². The van der Waals surface area contributed by atoms with Crippen LogP contribution in [0.5, 0.6) is 11.5 Å². The highest BCUT2D eigenvalue weighted by atomic mass is 32.2. The fourth-order valence-corrected chi connectivity index (χ4v) is 4.50. The van der Waals surface area contributed by atoms with Gasteiger partial charge in [0.15, 0.2) is 11.5 Å². The Morgan fingerprint density at radius 3 is 2.60 bits per heavy atom. The highest BCUT2D eigenvalue weighted by molar-refractivity contribution is 8.24. The molecule has 25 heavy (non-hydrogen) atoms. The predicted octanol–water partition coefficient (Wildman–Crippen LogP) is 3.43. The van der Waals surface area contributed by atoms with Crippen molar-refractivity contribution in [3.8, 4) is 11.5 Å². The van der Waals surface area contributed by atoms with Crippen molar-refractivity contribution in [1.82, 2.24) is 4.90 Å². The van der Waals surface area contributed by atoms with Gasteiger partial charge in [-0.05, 0) is 29.7 Å². The third-order valence-electron chi connectivity index (χ3n) is 4.22. The topological polar surface area (TPSA) is 38.8 Å². The van der Waals surface area contributed by atoms with Crippen LogP contribution in [0, 0.1) is 0 Å². The molecule has 2 heterocycles. The third-order valence-corrected chi connectivity index (χ3v) is 5.80. The molecule has 0 saturated carbocycles. The van der Waals surface area contributed by atoms with Gasteiger partial charge >= 0.3 is 0 Å². The van der Waals surface area contributed by atoms with Crippen molar-refractivity contribution in [2.24, 2.45) is 0 Å². The van der Waals surface area contributed by atoms with Gasteiger partial charge in [-0.2, -0.15) is 0 Å². The molecule has 1 unspecified atom stereocenters. The molecule has 0 bridgehead atoms. The minimum Gasteiger partial charge on any atom is -0.486 e. The number of hydrogen-bond donors (Lipinski definition) is 0. The van der Waals surface area contributed by atoms with E-state index in [1.165, 1.54) is 11.8 Å². The van der Waals surface area contributed by atoms with Crippen molar-refractivity contribution in [1.29, 1.82) is 0 Å². The number of benzene rings is 2. The Hall–Kier alpha value is -2.05. The highest BCUT2D eigenvalue weighted by Gasteiger charge is 2.36. The number of ether oxygens (including phenoxy) is 2. The van der Waals surface area contributed by atoms with Gasteiger partial charge in [0.25, 0.3) is 0 Å². The van der Waals surface area contributed by atoms with E-state index in [0.717, 1.165) is 22.6 Å². The molecular formula is C19H17NO3S2. The summed E-state index contributed by atoms with van der Waals surface area (Å²) in [4.78, 5) is 14.5. The van der Waals surface area contributed by atoms with Gasteiger partial charge in [0.05, 0.1) is 11.8 Å². The highest BCUT2D eigenvalue weighted by Crippen LogP contribution is 2.35. The van der Waals surface area contributed by atoms with Gasteiger partial charge in [0.2, 0.25) is 5.91 Å². The number of nitrogens with zero attached hydrogens (tertiary/aromatic N) is 1. The first kappa shape index (κ1) is 16.4. The Morgan fingerprint density at radius 2 is 1.80 bits per heavy atom. The second-order valence-corrected chi connectivity index (χ2v) is 7.80. The summed E-state index contributed by atoms with van der Waals surface area (Å²) in [5.41, 5.74) is 2.14. The first-order valence-electron chi connectivity index (χ1n) is 8.15. The number of carbonyl (C=O) groups excluding carboxylic acids is 1. The first-order chi connectivity index (χ1) is 12.2. The largest absolute Gasteiger partial charge is 0.486 e. The van der Waals surface area contributed by atoms with Crippen molar-refractivity contribution < 1.29 is 14.3 Å². The smallest absolute Gasteiger partial charge is 0.242 e. The molecule has 128 valence electrons. The molecule has 2 aromatic carbocycles. The molecule has 4 nitrogen and oxygen atoms in total. The van der Waals surface area contributed by atoms with Crippen LogP contribution in [0.1, 0.15) is 11.1 Å². The van der Waals surface area contributed by atoms with Crippen LogP contribution in [0.2, 0.25) is 0 Å². The van der Waals surface area contributed by atoms with E-state index >= 15 is 0 Å². The van der Waals surface area contributed by atoms with Gasteiger partial charge in [0.1, 0.15) is 17.5 Å². The standard InChI is InChI=1S/C19H17NO3S2/c21-18-17(11-14-6-7-15-16(10-14)23-9-8-22-15)25-19(24)20(18)12-13-4-2-1-3-5-13/h1-7,10,17H,8-9,11-12H2. The van der Waals surface area contributed by atoms with E-state index in [9.17, 15) is 4.79 Å². The van der Waals surface area contributed by atoms with Crippen molar-refractivity contribution in [2.75, 3.05) is 13.2 Å². The van der Waals surface area contributed by atoms with Crippen LogP contribution in [-0.4, -0.2) is 33.6 Å². The zero-order chi connectivity index (χ0) is 17.2. The average molecular weight is 371 g/mol. The normalized spacial score (nSPS) is 19.4. The van der Waals surface area contributed by atoms with Crippen LogP contribution in [0.4, 0.5) is 0 Å². The lowest BCUT2D eigenvalue weighted by Crippen LogP contribution is -2.31. The monoisotopic (exact) mass is 371 g/mol. The van der Waals surface area contributed by atoms with Gasteiger partial charge in [-0.1, -0.05) is 60.4 Å². The summed E-state index contributed by atoms with van der Waals surface area (Å²) in [7, 11) is 0. The maximum absolute atomic E-state index is 12.8. The van der Waals surface area contributed by atoms with Crippen LogP contribution in [-0.2, 0) is 17.8 Å². The molecule has 1 fully saturated rings. The third kappa shape index (κ3) is 3.50. The molecular weight excluding hydrogens is 354 g/mol. The van der Waals surface area contributed by atoms with Crippen LogP contribution >= 0.6 is 24.0 Å². The van der Waals surface area contributed by atoms with E-state index in [2.05, 4.69) is 0 Å². The van der Waals surface area contributed by atoms with Crippen LogP contribution < -0.4 is 9.47 Å². The fraction of sp³-hybridized carbons (Fsp3) is 0.263. The number of fused-ring (bicyclic) bond motifs is 1. The summed E-state index contributed by atoms with van der Waals surface area (Å²) in [6.07, 6.45) is 0.631. The number of hydrogen-bond acceptors (Lipinski definition) is 5. The van der Waals surface area contributed by atoms with Crippen LogP contribution in [0.25, 0.3) is 0 Å². The molecule has 4 rings (SSSR count). The van der Waals surface area contributed by atoms with Gasteiger partial charge < -0.3 is 9.47 Å². The summed E-state index contributed by atoms with van der Waals surface area (Å²) in [5, 5.41) is -0.182. The Balaban J connectivity index is 1.47. The maximum atomic E-state index is 12.8. The SMILES string of the molecule is O=C1C(Cc2ccc3c(c2)OCCO3)SC(=S)N1Cc1ccccc1. The predicted molar refractivity (Wildman–Crippen MR) is 102 cm³/mol. The molecule has 0 spiro atoms. The Labute approximate surface area is 156 Å². The summed E-state index contributed by atoms with van der Waals surface area (Å²) in [6, 6.07) is 15.8. The van der Waals surface area contributed by atoms with Gasteiger partial charge in [0, 0.05) is 0 Å². The van der Waals surface area contributed by atoms with E-state index in [1.807, 2.05) is 48.5 Å². The van der Waals surface area contributed by atoms with Gasteiger partial charge in [-0.15, -0.1) is 0 Å². The lowest BCUT2D eigenvalue weighted by Gasteiger charge is -2.19. The summed E-state index contributed by atoms with van der Waals surface area (Å²) in [5.74, 6) is 1.60. The van der Waals surface area contributed by atoms with Crippen molar-refractivity contribution in [3.05, 3.63) is 59.7 Å². The van der Waals surface area contributed by atoms with Crippen LogP contribution in [0.3, 0.4) is 0 Å². The molecule has 1 amide bonds. The summed E-state index contributed by atoms with van der Waals surface area (Å²) < 4.78 is 11.8. The molecule has 0 aromatic heterocycles. The Kier molecular flexibility index (Phi) is 4.63. The number of thioether (sulfide) groups is 1. The molecule has 2 aliphatic rings. The van der Waals surface area contributed by atoms with Crippen LogP contribution in [0.15, 0.2) is 48.5 Å². The molecule has 2 aliphatic heterocycles. The molecule has 0 N–H and O–H groups in total. The Morgan fingerprint density at radius 1 is 1.04 bits per heavy atom. The lowest BCUT2D eigenvalue weighted by atomic mass is 10.1. The second kappa shape index (κ2) is 7.06. The minimum atomic E-state index is -0.182. The average Bonchev–Trinajstić information content (AvgIpc) is 2.90. The quantitative estimate of drug-likeness (QED) is 0.770. The van der Waals surface area contributed by atoms with Gasteiger partial charge in [-0.25, -0.2) is 0 Å². The van der Waals surface area contributed by atoms with E-state index < -0.39 is 0 Å².